The average molecular weight is 203 g/mol. The lowest BCUT2D eigenvalue weighted by Gasteiger charge is -2.28. The lowest BCUT2D eigenvalue weighted by atomic mass is 9.89. The second-order valence-corrected chi connectivity index (χ2v) is 2.84. The Kier molecular flexibility index (Phi) is 4.96. The highest BCUT2D eigenvalue weighted by Gasteiger charge is 2.42. The number of nitrogens with two attached hydrogens (primary N) is 1. The maximum absolute atomic E-state index is 10.8. The predicted molar refractivity (Wildman–Crippen MR) is 46.7 cm³/mol. The molecule has 0 aliphatic heterocycles. The molecule has 0 aromatic heterocycles. The summed E-state index contributed by atoms with van der Waals surface area (Å²) in [4.78, 5) is 31.4. The zero-order valence-electron chi connectivity index (χ0n) is 7.80. The van der Waals surface area contributed by atoms with Crippen molar-refractivity contribution in [3.8, 4) is 0 Å². The Morgan fingerprint density at radius 3 is 2.50 bits per heavy atom. The summed E-state index contributed by atoms with van der Waals surface area (Å²) in [6, 6.07) is 0. The molecule has 0 fully saturated rings. The molecule has 2 unspecified atom stereocenters. The zero-order chi connectivity index (χ0) is 11.2. The molecule has 6 nitrogen and oxygen atoms in total. The molecule has 0 spiro atoms. The maximum Gasteiger partial charge on any atom is 0.326 e. The quantitative estimate of drug-likeness (QED) is 0.512. The lowest BCUT2D eigenvalue weighted by Crippen LogP contribution is -2.58. The number of aldehydes is 2. The molecule has 0 rings (SSSR count). The van der Waals surface area contributed by atoms with Crippen molar-refractivity contribution in [3.05, 3.63) is 0 Å². The highest BCUT2D eigenvalue weighted by atomic mass is 16.5. The van der Waals surface area contributed by atoms with Gasteiger partial charge in [-0.2, -0.15) is 0 Å². The summed E-state index contributed by atoms with van der Waals surface area (Å²) in [6.45, 7) is 0. The van der Waals surface area contributed by atoms with Gasteiger partial charge < -0.3 is 25.2 Å². The molecule has 2 atom stereocenters. The van der Waals surface area contributed by atoms with Gasteiger partial charge in [0.1, 0.15) is 17.9 Å². The molecule has 14 heavy (non-hydrogen) atoms. The molecule has 3 N–H and O–H groups in total. The summed E-state index contributed by atoms with van der Waals surface area (Å²) in [5.41, 5.74) is 3.64. The first-order chi connectivity index (χ1) is 6.52. The fourth-order valence-corrected chi connectivity index (χ4v) is 1.06. The van der Waals surface area contributed by atoms with Crippen molar-refractivity contribution in [1.82, 2.24) is 0 Å². The van der Waals surface area contributed by atoms with Crippen LogP contribution in [0.25, 0.3) is 0 Å². The fourth-order valence-electron chi connectivity index (χ4n) is 1.06. The molecule has 0 saturated heterocycles. The number of carbonyl (C=O) groups is 3. The number of aliphatic carboxylic acids is 1. The van der Waals surface area contributed by atoms with Crippen LogP contribution in [0.5, 0.6) is 0 Å². The Labute approximate surface area is 81.0 Å². The first-order valence-electron chi connectivity index (χ1n) is 3.97. The standard InChI is InChI=1S/C8H13NO5/c1-14-6(5-11)8(9,7(12)13)3-2-4-10/h4-6H,2-3,9H2,1H3,(H,12,13). The number of hydrogen-bond donors (Lipinski definition) is 2. The van der Waals surface area contributed by atoms with Crippen LogP contribution in [-0.4, -0.2) is 42.4 Å². The maximum atomic E-state index is 10.8. The summed E-state index contributed by atoms with van der Waals surface area (Å²) < 4.78 is 4.63. The van der Waals surface area contributed by atoms with Crippen LogP contribution in [0.4, 0.5) is 0 Å². The van der Waals surface area contributed by atoms with Gasteiger partial charge in [-0.3, -0.25) is 4.79 Å². The normalized spacial score (nSPS) is 16.7. The molecule has 0 aliphatic carbocycles. The molecule has 0 bridgehead atoms. The Morgan fingerprint density at radius 1 is 1.64 bits per heavy atom. The monoisotopic (exact) mass is 203 g/mol. The Balaban J connectivity index is 4.76. The predicted octanol–water partition coefficient (Wildman–Crippen LogP) is -1.04. The highest BCUT2D eigenvalue weighted by molar-refractivity contribution is 5.84. The van der Waals surface area contributed by atoms with E-state index in [1.54, 1.807) is 0 Å². The van der Waals surface area contributed by atoms with Gasteiger partial charge in [0.05, 0.1) is 0 Å². The van der Waals surface area contributed by atoms with E-state index in [9.17, 15) is 14.4 Å². The van der Waals surface area contributed by atoms with Gasteiger partial charge in [-0.05, 0) is 6.42 Å². The number of carboxylic acids is 1. The van der Waals surface area contributed by atoms with Gasteiger partial charge in [-0.1, -0.05) is 0 Å². The van der Waals surface area contributed by atoms with Gasteiger partial charge in [-0.25, -0.2) is 0 Å². The summed E-state index contributed by atoms with van der Waals surface area (Å²) >= 11 is 0. The van der Waals surface area contributed by atoms with Crippen LogP contribution in [0, 0.1) is 0 Å². The van der Waals surface area contributed by atoms with E-state index in [1.165, 1.54) is 7.11 Å². The SMILES string of the molecule is COC(C=O)C(N)(CCC=O)C(=O)O. The molecule has 0 aromatic carbocycles. The smallest absolute Gasteiger partial charge is 0.326 e. The van der Waals surface area contributed by atoms with Crippen molar-refractivity contribution in [2.24, 2.45) is 5.73 Å². The van der Waals surface area contributed by atoms with E-state index in [0.717, 1.165) is 0 Å². The lowest BCUT2D eigenvalue weighted by molar-refractivity contribution is -0.152. The molecular formula is C8H13NO5. The second-order valence-electron chi connectivity index (χ2n) is 2.84. The number of carboxylic acid groups (broad SMARTS) is 1. The molecule has 0 saturated carbocycles. The largest absolute Gasteiger partial charge is 0.480 e. The average Bonchev–Trinajstić information content (AvgIpc) is 2.16. The van der Waals surface area contributed by atoms with Gasteiger partial charge in [0.2, 0.25) is 0 Å². The van der Waals surface area contributed by atoms with E-state index in [4.69, 9.17) is 10.8 Å². The van der Waals surface area contributed by atoms with Crippen LogP contribution in [0.2, 0.25) is 0 Å². The van der Waals surface area contributed by atoms with E-state index < -0.39 is 17.6 Å². The van der Waals surface area contributed by atoms with Crippen LogP contribution in [0.15, 0.2) is 0 Å². The summed E-state index contributed by atoms with van der Waals surface area (Å²) in [6.07, 6.45) is -0.555. The first-order valence-corrected chi connectivity index (χ1v) is 3.97. The summed E-state index contributed by atoms with van der Waals surface area (Å²) in [7, 11) is 1.19. The van der Waals surface area contributed by atoms with Crippen LogP contribution in [0.3, 0.4) is 0 Å². The molecule has 0 aliphatic rings. The van der Waals surface area contributed by atoms with Crippen molar-refractivity contribution < 1.29 is 24.2 Å². The van der Waals surface area contributed by atoms with Gasteiger partial charge in [0.25, 0.3) is 0 Å². The van der Waals surface area contributed by atoms with E-state index in [1.807, 2.05) is 0 Å². The van der Waals surface area contributed by atoms with E-state index in [2.05, 4.69) is 4.74 Å². The topological polar surface area (TPSA) is 107 Å². The van der Waals surface area contributed by atoms with E-state index in [-0.39, 0.29) is 12.8 Å². The fraction of sp³-hybridized carbons (Fsp3) is 0.625. The highest BCUT2D eigenvalue weighted by Crippen LogP contribution is 2.15. The first kappa shape index (κ1) is 12.7. The van der Waals surface area contributed by atoms with Gasteiger partial charge in [0.15, 0.2) is 6.29 Å². The minimum Gasteiger partial charge on any atom is -0.480 e. The number of carbonyl (C=O) groups excluding carboxylic acids is 2. The second kappa shape index (κ2) is 5.46. The van der Waals surface area contributed by atoms with Crippen molar-refractivity contribution in [2.75, 3.05) is 7.11 Å². The van der Waals surface area contributed by atoms with Crippen LogP contribution in [0.1, 0.15) is 12.8 Å². The number of ether oxygens (including phenoxy) is 1. The number of rotatable bonds is 7. The summed E-state index contributed by atoms with van der Waals surface area (Å²) in [5.74, 6) is -1.36. The minimum atomic E-state index is -1.84. The molecular weight excluding hydrogens is 190 g/mol. The van der Waals surface area contributed by atoms with Crippen molar-refractivity contribution in [2.45, 2.75) is 24.5 Å². The number of methoxy groups -OCH3 is 1. The van der Waals surface area contributed by atoms with Crippen LogP contribution >= 0.6 is 0 Å². The van der Waals surface area contributed by atoms with Crippen molar-refractivity contribution >= 4 is 18.5 Å². The Bertz CT molecular complexity index is 230. The van der Waals surface area contributed by atoms with Crippen LogP contribution < -0.4 is 5.73 Å². The molecule has 0 radical (unpaired) electrons. The Hall–Kier alpha value is -1.27. The molecule has 0 amide bonds. The van der Waals surface area contributed by atoms with Crippen LogP contribution in [-0.2, 0) is 19.1 Å². The van der Waals surface area contributed by atoms with Gasteiger partial charge in [-0.15, -0.1) is 0 Å². The van der Waals surface area contributed by atoms with Gasteiger partial charge in [0, 0.05) is 13.5 Å². The Morgan fingerprint density at radius 2 is 2.21 bits per heavy atom. The zero-order valence-corrected chi connectivity index (χ0v) is 7.80. The van der Waals surface area contributed by atoms with Crippen molar-refractivity contribution in [1.29, 1.82) is 0 Å². The third kappa shape index (κ3) is 2.61. The van der Waals surface area contributed by atoms with E-state index >= 15 is 0 Å². The van der Waals surface area contributed by atoms with Crippen molar-refractivity contribution in [3.63, 3.8) is 0 Å². The molecule has 6 heteroatoms. The molecule has 80 valence electrons. The third-order valence-corrected chi connectivity index (χ3v) is 1.96. The number of hydrogen-bond acceptors (Lipinski definition) is 5. The minimum absolute atomic E-state index is 0.0312. The molecule has 0 heterocycles. The van der Waals surface area contributed by atoms with E-state index in [0.29, 0.717) is 12.6 Å². The summed E-state index contributed by atoms with van der Waals surface area (Å²) in [5, 5.41) is 8.81. The molecule has 0 aromatic rings. The third-order valence-electron chi connectivity index (χ3n) is 1.96. The van der Waals surface area contributed by atoms with Gasteiger partial charge >= 0.3 is 5.97 Å².